The summed E-state index contributed by atoms with van der Waals surface area (Å²) in [6.45, 7) is 7.77. The van der Waals surface area contributed by atoms with E-state index in [0.717, 1.165) is 100 Å². The summed E-state index contributed by atoms with van der Waals surface area (Å²) in [5.74, 6) is 1.48. The zero-order chi connectivity index (χ0) is 37.1. The molecule has 1 aliphatic heterocycles. The van der Waals surface area contributed by atoms with Crippen LogP contribution >= 0.6 is 0 Å². The second-order valence-corrected chi connectivity index (χ2v) is 14.3. The van der Waals surface area contributed by atoms with Gasteiger partial charge in [-0.1, -0.05) is 66.7 Å². The Bertz CT molecular complexity index is 3400. The van der Waals surface area contributed by atoms with E-state index in [1.165, 1.54) is 0 Å². The molecule has 12 rings (SSSR count). The Morgan fingerprint density at radius 2 is 1.23 bits per heavy atom. The fourth-order valence-electron chi connectivity index (χ4n) is 9.57. The highest BCUT2D eigenvalue weighted by Gasteiger charge is 2.54. The maximum absolute atomic E-state index is 9.76. The number of nitriles is 1. The highest BCUT2D eigenvalue weighted by molar-refractivity contribution is 6.11. The molecule has 0 saturated carbocycles. The van der Waals surface area contributed by atoms with Crippen LogP contribution in [0.15, 0.2) is 158 Å². The van der Waals surface area contributed by atoms with Crippen molar-refractivity contribution < 1.29 is 4.74 Å². The van der Waals surface area contributed by atoms with Gasteiger partial charge in [0.2, 0.25) is 0 Å². The molecule has 0 amide bonds. The van der Waals surface area contributed by atoms with Crippen LogP contribution in [0.3, 0.4) is 0 Å². The topological polar surface area (TPSA) is 73.0 Å². The third-order valence-electron chi connectivity index (χ3n) is 11.7. The standard InChI is InChI=1S/C49H26N6O/c1-51-30-18-22-42-35(26-30)33-10-3-5-14-40(33)55(42)43-15-6-16-44-46(43)49(37-11-7-23-52-47(37)48-38(49)12-8-24-53-48)36-20-19-31(27-45(36)56-44)54-39-13-4-2-9-32(39)34-25-29(28-50)17-21-41(34)54/h2-27H. The molecule has 0 fully saturated rings. The van der Waals surface area contributed by atoms with Crippen molar-refractivity contribution in [3.8, 4) is 40.3 Å². The molecule has 0 atom stereocenters. The number of fused-ring (bicyclic) bond motifs is 15. The molecule has 0 radical (unpaired) electrons. The van der Waals surface area contributed by atoms with Crippen LogP contribution in [0.1, 0.15) is 27.8 Å². The van der Waals surface area contributed by atoms with E-state index in [1.807, 2.05) is 67.0 Å². The third kappa shape index (κ3) is 3.78. The molecule has 5 heterocycles. The molecule has 0 unspecified atom stereocenters. The van der Waals surface area contributed by atoms with Crippen LogP contribution in [0, 0.1) is 17.9 Å². The van der Waals surface area contributed by atoms with Gasteiger partial charge in [-0.25, -0.2) is 4.85 Å². The Hall–Kier alpha value is -8.00. The van der Waals surface area contributed by atoms with E-state index >= 15 is 0 Å². The number of hydrogen-bond acceptors (Lipinski definition) is 4. The van der Waals surface area contributed by atoms with Crippen molar-refractivity contribution in [1.29, 1.82) is 5.26 Å². The van der Waals surface area contributed by atoms with Gasteiger partial charge in [-0.3, -0.25) is 9.97 Å². The average molecular weight is 715 g/mol. The first-order valence-electron chi connectivity index (χ1n) is 18.4. The number of hydrogen-bond donors (Lipinski definition) is 0. The van der Waals surface area contributed by atoms with Crippen LogP contribution in [0.2, 0.25) is 0 Å². The van der Waals surface area contributed by atoms with E-state index in [9.17, 15) is 5.26 Å². The molecule has 0 bridgehead atoms. The van der Waals surface area contributed by atoms with Gasteiger partial charge in [-0.15, -0.1) is 0 Å². The highest BCUT2D eigenvalue weighted by Crippen LogP contribution is 2.63. The Morgan fingerprint density at radius 1 is 0.571 bits per heavy atom. The number of benzene rings is 6. The van der Waals surface area contributed by atoms with Crippen molar-refractivity contribution in [3.63, 3.8) is 0 Å². The van der Waals surface area contributed by atoms with Crippen LogP contribution in [-0.2, 0) is 5.41 Å². The zero-order valence-electron chi connectivity index (χ0n) is 29.6. The molecule has 258 valence electrons. The predicted molar refractivity (Wildman–Crippen MR) is 219 cm³/mol. The second kappa shape index (κ2) is 11.0. The third-order valence-corrected chi connectivity index (χ3v) is 11.7. The number of para-hydroxylation sites is 2. The summed E-state index contributed by atoms with van der Waals surface area (Å²) in [7, 11) is 0. The lowest BCUT2D eigenvalue weighted by Gasteiger charge is -2.40. The highest BCUT2D eigenvalue weighted by atomic mass is 16.5. The quantitative estimate of drug-likeness (QED) is 0.167. The molecule has 0 N–H and O–H groups in total. The zero-order valence-corrected chi connectivity index (χ0v) is 29.6. The van der Waals surface area contributed by atoms with Crippen molar-refractivity contribution >= 4 is 49.3 Å². The number of ether oxygens (including phenoxy) is 1. The van der Waals surface area contributed by atoms with Gasteiger partial charge in [0, 0.05) is 51.4 Å². The lowest BCUT2D eigenvalue weighted by atomic mass is 9.65. The largest absolute Gasteiger partial charge is 0.457 e. The SMILES string of the molecule is [C-]#[N+]c1ccc2c(c1)c1ccccc1n2-c1cccc2c1C1(c3ccc(-n4c5ccccc5c5cc(C#N)ccc54)cc3O2)c2cccnc2-c2ncccc21. The smallest absolute Gasteiger partial charge is 0.188 e. The first-order chi connectivity index (χ1) is 27.7. The first-order valence-corrected chi connectivity index (χ1v) is 18.4. The lowest BCUT2D eigenvalue weighted by Crippen LogP contribution is -2.33. The molecule has 0 saturated heterocycles. The van der Waals surface area contributed by atoms with Crippen molar-refractivity contribution in [2.75, 3.05) is 0 Å². The number of aromatic nitrogens is 4. The average Bonchev–Trinajstić information content (AvgIpc) is 3.87. The normalized spacial score (nSPS) is 13.2. The molecule has 1 aliphatic carbocycles. The van der Waals surface area contributed by atoms with E-state index in [-0.39, 0.29) is 0 Å². The fourth-order valence-corrected chi connectivity index (χ4v) is 9.57. The maximum atomic E-state index is 9.76. The molecule has 4 aromatic heterocycles. The molecule has 56 heavy (non-hydrogen) atoms. The van der Waals surface area contributed by atoms with Gasteiger partial charge in [-0.05, 0) is 89.3 Å². The Morgan fingerprint density at radius 3 is 1.96 bits per heavy atom. The van der Waals surface area contributed by atoms with Gasteiger partial charge >= 0.3 is 0 Å². The molecule has 6 aromatic carbocycles. The second-order valence-electron chi connectivity index (χ2n) is 14.3. The van der Waals surface area contributed by atoms with Gasteiger partial charge in [0.15, 0.2) is 5.69 Å². The summed E-state index contributed by atoms with van der Waals surface area (Å²) in [6.07, 6.45) is 3.68. The van der Waals surface area contributed by atoms with Crippen LogP contribution in [0.4, 0.5) is 5.69 Å². The fraction of sp³-hybridized carbons (Fsp3) is 0.0204. The molecule has 2 aliphatic rings. The van der Waals surface area contributed by atoms with Gasteiger partial charge < -0.3 is 13.9 Å². The minimum absolute atomic E-state index is 0.601. The summed E-state index contributed by atoms with van der Waals surface area (Å²) < 4.78 is 11.7. The van der Waals surface area contributed by atoms with Crippen LogP contribution in [0.25, 0.3) is 71.2 Å². The van der Waals surface area contributed by atoms with Gasteiger partial charge in [0.05, 0.1) is 62.8 Å². The summed E-state index contributed by atoms with van der Waals surface area (Å²) in [5.41, 5.74) is 12.2. The molecule has 7 heteroatoms. The van der Waals surface area contributed by atoms with E-state index < -0.39 is 5.41 Å². The van der Waals surface area contributed by atoms with E-state index in [1.54, 1.807) is 0 Å². The summed E-state index contributed by atoms with van der Waals surface area (Å²) in [6, 6.07) is 52.1. The Kier molecular flexibility index (Phi) is 5.99. The number of pyridine rings is 2. The summed E-state index contributed by atoms with van der Waals surface area (Å²) in [5, 5.41) is 14.0. The first kappa shape index (κ1) is 30.5. The molecular formula is C49H26N6O. The van der Waals surface area contributed by atoms with Crippen LogP contribution < -0.4 is 4.74 Å². The molecular weight excluding hydrogens is 689 g/mol. The minimum Gasteiger partial charge on any atom is -0.457 e. The number of rotatable bonds is 2. The van der Waals surface area contributed by atoms with E-state index in [0.29, 0.717) is 11.3 Å². The summed E-state index contributed by atoms with van der Waals surface area (Å²) >= 11 is 0. The van der Waals surface area contributed by atoms with Gasteiger partial charge in [0.25, 0.3) is 0 Å². The molecule has 7 nitrogen and oxygen atoms in total. The minimum atomic E-state index is -0.845. The van der Waals surface area contributed by atoms with Crippen molar-refractivity contribution in [3.05, 3.63) is 197 Å². The monoisotopic (exact) mass is 714 g/mol. The predicted octanol–water partition coefficient (Wildman–Crippen LogP) is 11.6. The van der Waals surface area contributed by atoms with E-state index in [2.05, 4.69) is 111 Å². The molecule has 1 spiro atoms. The lowest BCUT2D eigenvalue weighted by molar-refractivity contribution is 0.435. The Balaban J connectivity index is 1.19. The van der Waals surface area contributed by atoms with Gasteiger partial charge in [-0.2, -0.15) is 5.26 Å². The van der Waals surface area contributed by atoms with Crippen LogP contribution in [-0.4, -0.2) is 19.1 Å². The van der Waals surface area contributed by atoms with E-state index in [4.69, 9.17) is 21.3 Å². The van der Waals surface area contributed by atoms with Crippen molar-refractivity contribution in [2.24, 2.45) is 0 Å². The van der Waals surface area contributed by atoms with Crippen LogP contribution in [0.5, 0.6) is 11.5 Å². The number of nitrogens with zero attached hydrogens (tertiary/aromatic N) is 6. The molecule has 10 aromatic rings. The van der Waals surface area contributed by atoms with Crippen molar-refractivity contribution in [1.82, 2.24) is 19.1 Å². The maximum Gasteiger partial charge on any atom is 0.188 e. The van der Waals surface area contributed by atoms with Crippen molar-refractivity contribution in [2.45, 2.75) is 5.41 Å². The summed E-state index contributed by atoms with van der Waals surface area (Å²) in [4.78, 5) is 13.7. The Labute approximate surface area is 320 Å². The van der Waals surface area contributed by atoms with Gasteiger partial charge in [0.1, 0.15) is 11.5 Å².